The molecule has 4 heteroatoms. The predicted octanol–water partition coefficient (Wildman–Crippen LogP) is 3.03. The van der Waals surface area contributed by atoms with Gasteiger partial charge in [-0.05, 0) is 56.3 Å². The third-order valence-electron chi connectivity index (χ3n) is 3.36. The third kappa shape index (κ3) is 4.92. The number of nitrogens with zero attached hydrogens (tertiary/aromatic N) is 1. The number of ether oxygens (including phenoxy) is 1. The molecule has 1 saturated heterocycles. The Balaban J connectivity index is 1.54. The van der Waals surface area contributed by atoms with Crippen LogP contribution in [-0.2, 0) is 11.3 Å². The van der Waals surface area contributed by atoms with E-state index in [9.17, 15) is 0 Å². The highest BCUT2D eigenvalue weighted by atomic mass is 35.5. The van der Waals surface area contributed by atoms with Crippen LogP contribution in [0.3, 0.4) is 0 Å². The van der Waals surface area contributed by atoms with E-state index in [1.165, 1.54) is 32.4 Å². The van der Waals surface area contributed by atoms with E-state index in [4.69, 9.17) is 16.3 Å². The lowest BCUT2D eigenvalue weighted by Crippen LogP contribution is -2.29. The maximum atomic E-state index is 5.72. The fourth-order valence-electron chi connectivity index (χ4n) is 2.33. The van der Waals surface area contributed by atoms with Crippen LogP contribution in [0.5, 0.6) is 0 Å². The molecule has 1 N–H and O–H groups in total. The summed E-state index contributed by atoms with van der Waals surface area (Å²) in [5, 5.41) is 3.98. The normalized spacial score (nSPS) is 19.9. The van der Waals surface area contributed by atoms with Gasteiger partial charge in [0.2, 0.25) is 0 Å². The number of piperidine rings is 1. The zero-order valence-corrected chi connectivity index (χ0v) is 11.5. The summed E-state index contributed by atoms with van der Waals surface area (Å²) in [7, 11) is 0. The molecule has 100 valence electrons. The van der Waals surface area contributed by atoms with E-state index in [1.54, 1.807) is 12.3 Å². The summed E-state index contributed by atoms with van der Waals surface area (Å²) in [5.41, 5.74) is 1.08. The molecule has 0 radical (unpaired) electrons. The van der Waals surface area contributed by atoms with Crippen molar-refractivity contribution in [2.75, 3.05) is 19.7 Å². The van der Waals surface area contributed by atoms with Crippen LogP contribution in [0.2, 0.25) is 5.15 Å². The van der Waals surface area contributed by atoms with E-state index >= 15 is 0 Å². The van der Waals surface area contributed by atoms with E-state index in [2.05, 4.69) is 10.3 Å². The molecular formula is C14H21ClN2O. The molecule has 18 heavy (non-hydrogen) atoms. The first-order chi connectivity index (χ1) is 8.84. The highest BCUT2D eigenvalue weighted by Gasteiger charge is 2.11. The average molecular weight is 269 g/mol. The molecular weight excluding hydrogens is 248 g/mol. The molecule has 1 aromatic heterocycles. The van der Waals surface area contributed by atoms with Gasteiger partial charge < -0.3 is 10.1 Å². The smallest absolute Gasteiger partial charge is 0.129 e. The van der Waals surface area contributed by atoms with Gasteiger partial charge in [0.15, 0.2) is 0 Å². The zero-order valence-electron chi connectivity index (χ0n) is 10.7. The Morgan fingerprint density at radius 3 is 3.11 bits per heavy atom. The van der Waals surface area contributed by atoms with Crippen molar-refractivity contribution in [2.45, 2.75) is 32.3 Å². The molecule has 1 aliphatic rings. The van der Waals surface area contributed by atoms with Crippen molar-refractivity contribution in [3.8, 4) is 0 Å². The third-order valence-corrected chi connectivity index (χ3v) is 3.58. The van der Waals surface area contributed by atoms with Gasteiger partial charge in [-0.1, -0.05) is 17.7 Å². The van der Waals surface area contributed by atoms with Gasteiger partial charge in [0.1, 0.15) is 5.15 Å². The lowest BCUT2D eigenvalue weighted by molar-refractivity contribution is 0.112. The number of halogens is 1. The van der Waals surface area contributed by atoms with Crippen LogP contribution in [0, 0.1) is 5.92 Å². The Kier molecular flexibility index (Phi) is 5.91. The molecule has 0 amide bonds. The molecule has 0 spiro atoms. The predicted molar refractivity (Wildman–Crippen MR) is 73.7 cm³/mol. The number of hydrogen-bond donors (Lipinski definition) is 1. The second-order valence-corrected chi connectivity index (χ2v) is 5.28. The van der Waals surface area contributed by atoms with Gasteiger partial charge in [-0.2, -0.15) is 0 Å². The van der Waals surface area contributed by atoms with Crippen molar-refractivity contribution in [3.63, 3.8) is 0 Å². The summed E-state index contributed by atoms with van der Waals surface area (Å²) in [6.45, 7) is 3.84. The fourth-order valence-corrected chi connectivity index (χ4v) is 2.44. The molecule has 1 atom stereocenters. The molecule has 0 unspecified atom stereocenters. The molecule has 0 aromatic carbocycles. The summed E-state index contributed by atoms with van der Waals surface area (Å²) in [5.74, 6) is 0.847. The Morgan fingerprint density at radius 1 is 1.44 bits per heavy atom. The highest BCUT2D eigenvalue weighted by molar-refractivity contribution is 6.29. The Labute approximate surface area is 114 Å². The number of pyridine rings is 1. The number of aromatic nitrogens is 1. The summed E-state index contributed by atoms with van der Waals surface area (Å²) in [4.78, 5) is 4.03. The Bertz CT molecular complexity index is 336. The van der Waals surface area contributed by atoms with Crippen molar-refractivity contribution >= 4 is 11.6 Å². The highest BCUT2D eigenvalue weighted by Crippen LogP contribution is 2.16. The summed E-state index contributed by atoms with van der Waals surface area (Å²) < 4.78 is 5.65. The second-order valence-electron chi connectivity index (χ2n) is 4.90. The van der Waals surface area contributed by atoms with Crippen molar-refractivity contribution in [1.82, 2.24) is 10.3 Å². The molecule has 1 aromatic rings. The van der Waals surface area contributed by atoms with Crippen molar-refractivity contribution in [1.29, 1.82) is 0 Å². The van der Waals surface area contributed by atoms with E-state index in [-0.39, 0.29) is 0 Å². The van der Waals surface area contributed by atoms with Crippen LogP contribution >= 0.6 is 11.6 Å². The minimum absolute atomic E-state index is 0.531. The monoisotopic (exact) mass is 268 g/mol. The molecule has 1 fully saturated rings. The van der Waals surface area contributed by atoms with Crippen LogP contribution in [-0.4, -0.2) is 24.7 Å². The van der Waals surface area contributed by atoms with Crippen LogP contribution in [0.4, 0.5) is 0 Å². The van der Waals surface area contributed by atoms with Gasteiger partial charge in [0.25, 0.3) is 0 Å². The first kappa shape index (κ1) is 13.8. The average Bonchev–Trinajstić information content (AvgIpc) is 2.42. The summed E-state index contributed by atoms with van der Waals surface area (Å²) in [6, 6.07) is 3.76. The first-order valence-corrected chi connectivity index (χ1v) is 7.11. The standard InChI is InChI=1S/C14H21ClN2O/c15-14-6-5-13(10-17-14)11-18-8-2-4-12-3-1-7-16-9-12/h5-6,10,12,16H,1-4,7-9,11H2/t12-/m1/s1. The molecule has 2 rings (SSSR count). The molecule has 0 bridgehead atoms. The zero-order chi connectivity index (χ0) is 12.6. The van der Waals surface area contributed by atoms with Crippen LogP contribution in [0.15, 0.2) is 18.3 Å². The van der Waals surface area contributed by atoms with Gasteiger partial charge in [0, 0.05) is 12.8 Å². The van der Waals surface area contributed by atoms with Gasteiger partial charge in [-0.15, -0.1) is 0 Å². The Morgan fingerprint density at radius 2 is 2.39 bits per heavy atom. The van der Waals surface area contributed by atoms with Crippen LogP contribution in [0.1, 0.15) is 31.2 Å². The quantitative estimate of drug-likeness (QED) is 0.636. The second kappa shape index (κ2) is 7.72. The molecule has 2 heterocycles. The fraction of sp³-hybridized carbons (Fsp3) is 0.643. The molecule has 3 nitrogen and oxygen atoms in total. The van der Waals surface area contributed by atoms with Gasteiger partial charge >= 0.3 is 0 Å². The number of nitrogens with one attached hydrogen (secondary N) is 1. The minimum atomic E-state index is 0.531. The maximum Gasteiger partial charge on any atom is 0.129 e. The number of rotatable bonds is 6. The van der Waals surface area contributed by atoms with Crippen molar-refractivity contribution in [2.24, 2.45) is 5.92 Å². The van der Waals surface area contributed by atoms with Crippen LogP contribution < -0.4 is 5.32 Å². The Hall–Kier alpha value is -0.640. The van der Waals surface area contributed by atoms with E-state index in [1.807, 2.05) is 6.07 Å². The van der Waals surface area contributed by atoms with Crippen LogP contribution in [0.25, 0.3) is 0 Å². The number of hydrogen-bond acceptors (Lipinski definition) is 3. The minimum Gasteiger partial charge on any atom is -0.377 e. The van der Waals surface area contributed by atoms with E-state index in [0.717, 1.165) is 24.5 Å². The van der Waals surface area contributed by atoms with E-state index < -0.39 is 0 Å². The lowest BCUT2D eigenvalue weighted by atomic mass is 9.95. The van der Waals surface area contributed by atoms with E-state index in [0.29, 0.717) is 11.8 Å². The molecule has 0 saturated carbocycles. The topological polar surface area (TPSA) is 34.1 Å². The van der Waals surface area contributed by atoms with Gasteiger partial charge in [-0.25, -0.2) is 4.98 Å². The summed E-state index contributed by atoms with van der Waals surface area (Å²) >= 11 is 5.72. The molecule has 0 aliphatic carbocycles. The lowest BCUT2D eigenvalue weighted by Gasteiger charge is -2.22. The largest absolute Gasteiger partial charge is 0.377 e. The molecule has 1 aliphatic heterocycles. The maximum absolute atomic E-state index is 5.72. The first-order valence-electron chi connectivity index (χ1n) is 6.73. The van der Waals surface area contributed by atoms with Gasteiger partial charge in [0.05, 0.1) is 6.61 Å². The van der Waals surface area contributed by atoms with Gasteiger partial charge in [-0.3, -0.25) is 0 Å². The van der Waals surface area contributed by atoms with Crippen molar-refractivity contribution < 1.29 is 4.74 Å². The SMILES string of the molecule is Clc1ccc(COCCC[C@H]2CCCNC2)cn1. The summed E-state index contributed by atoms with van der Waals surface area (Å²) in [6.07, 6.45) is 6.88. The van der Waals surface area contributed by atoms with Crippen molar-refractivity contribution in [3.05, 3.63) is 29.0 Å².